The van der Waals surface area contributed by atoms with Crippen LogP contribution >= 0.6 is 11.6 Å². The van der Waals surface area contributed by atoms with E-state index in [1.807, 2.05) is 18.2 Å². The highest BCUT2D eigenvalue weighted by molar-refractivity contribution is 6.34. The van der Waals surface area contributed by atoms with Gasteiger partial charge in [-0.3, -0.25) is 9.69 Å². The maximum absolute atomic E-state index is 12.3. The van der Waals surface area contributed by atoms with Crippen LogP contribution < -0.4 is 0 Å². The Balaban J connectivity index is 2.04. The van der Waals surface area contributed by atoms with Gasteiger partial charge in [0.05, 0.1) is 11.6 Å². The second-order valence-electron chi connectivity index (χ2n) is 4.93. The van der Waals surface area contributed by atoms with Crippen molar-refractivity contribution < 1.29 is 4.79 Å². The second kappa shape index (κ2) is 6.35. The van der Waals surface area contributed by atoms with E-state index in [0.29, 0.717) is 23.2 Å². The Hall–Kier alpha value is -0.860. The lowest BCUT2D eigenvalue weighted by molar-refractivity contribution is 0.0838. The molecule has 1 aromatic rings. The fourth-order valence-corrected chi connectivity index (χ4v) is 2.93. The van der Waals surface area contributed by atoms with Crippen molar-refractivity contribution >= 4 is 17.4 Å². The zero-order valence-electron chi connectivity index (χ0n) is 10.9. The summed E-state index contributed by atoms with van der Waals surface area (Å²) in [6.07, 6.45) is 4.82. The lowest BCUT2D eigenvalue weighted by Gasteiger charge is -2.34. The zero-order valence-corrected chi connectivity index (χ0v) is 11.6. The van der Waals surface area contributed by atoms with Gasteiger partial charge in [0.1, 0.15) is 0 Å². The number of likely N-dealkylation sites (tertiary alicyclic amines) is 1. The van der Waals surface area contributed by atoms with Crippen molar-refractivity contribution in [2.75, 3.05) is 13.1 Å². The lowest BCUT2D eigenvalue weighted by Crippen LogP contribution is -2.42. The van der Waals surface area contributed by atoms with Crippen LogP contribution in [0, 0.1) is 0 Å². The van der Waals surface area contributed by atoms with Gasteiger partial charge < -0.3 is 0 Å². The second-order valence-corrected chi connectivity index (χ2v) is 5.34. The van der Waals surface area contributed by atoms with Gasteiger partial charge in [0.25, 0.3) is 0 Å². The minimum absolute atomic E-state index is 0.140. The first kappa shape index (κ1) is 13.6. The molecular formula is C15H20ClNO. The summed E-state index contributed by atoms with van der Waals surface area (Å²) in [7, 11) is 0. The van der Waals surface area contributed by atoms with Gasteiger partial charge in [0.15, 0.2) is 5.78 Å². The number of hydrogen-bond donors (Lipinski definition) is 0. The zero-order chi connectivity index (χ0) is 13.0. The molecule has 2 nitrogen and oxygen atoms in total. The molecule has 0 spiro atoms. The molecule has 0 saturated carbocycles. The van der Waals surface area contributed by atoms with Gasteiger partial charge in [0, 0.05) is 11.6 Å². The minimum Gasteiger partial charge on any atom is -0.293 e. The first-order valence-electron chi connectivity index (χ1n) is 6.74. The van der Waals surface area contributed by atoms with Crippen LogP contribution in [0.2, 0.25) is 5.02 Å². The van der Waals surface area contributed by atoms with Gasteiger partial charge >= 0.3 is 0 Å². The summed E-state index contributed by atoms with van der Waals surface area (Å²) in [5, 5.41) is 0.563. The molecule has 0 aliphatic carbocycles. The third kappa shape index (κ3) is 3.12. The molecule has 3 heteroatoms. The Labute approximate surface area is 114 Å². The summed E-state index contributed by atoms with van der Waals surface area (Å²) in [5.74, 6) is 0.140. The maximum atomic E-state index is 12.3. The van der Waals surface area contributed by atoms with E-state index >= 15 is 0 Å². The number of nitrogens with zero attached hydrogens (tertiary/aromatic N) is 1. The van der Waals surface area contributed by atoms with E-state index in [2.05, 4.69) is 11.8 Å². The van der Waals surface area contributed by atoms with Crippen LogP contribution in [0.15, 0.2) is 24.3 Å². The summed E-state index contributed by atoms with van der Waals surface area (Å²) >= 11 is 6.07. The largest absolute Gasteiger partial charge is 0.293 e. The van der Waals surface area contributed by atoms with Crippen LogP contribution in [0.4, 0.5) is 0 Å². The first-order chi connectivity index (χ1) is 8.72. The molecule has 0 amide bonds. The minimum atomic E-state index is 0.140. The fourth-order valence-electron chi connectivity index (χ4n) is 2.69. The summed E-state index contributed by atoms with van der Waals surface area (Å²) < 4.78 is 0. The number of Topliss-reactive ketones (excluding diaryl/α,β-unsaturated/α-hetero) is 1. The van der Waals surface area contributed by atoms with Gasteiger partial charge in [-0.25, -0.2) is 0 Å². The summed E-state index contributed by atoms with van der Waals surface area (Å²) in [4.78, 5) is 14.6. The first-order valence-corrected chi connectivity index (χ1v) is 7.12. The fraction of sp³-hybridized carbons (Fsp3) is 0.533. The Kier molecular flexibility index (Phi) is 4.79. The number of hydrogen-bond acceptors (Lipinski definition) is 2. The molecule has 1 atom stereocenters. The third-order valence-electron chi connectivity index (χ3n) is 3.74. The van der Waals surface area contributed by atoms with E-state index in [1.54, 1.807) is 6.07 Å². The van der Waals surface area contributed by atoms with Crippen LogP contribution in [-0.2, 0) is 0 Å². The predicted octanol–water partition coefficient (Wildman–Crippen LogP) is 3.79. The quantitative estimate of drug-likeness (QED) is 0.772. The molecule has 0 radical (unpaired) electrons. The molecule has 1 saturated heterocycles. The maximum Gasteiger partial charge on any atom is 0.178 e. The van der Waals surface area contributed by atoms with Crippen LogP contribution in [0.5, 0.6) is 0 Å². The Morgan fingerprint density at radius 2 is 2.17 bits per heavy atom. The highest BCUT2D eigenvalue weighted by Gasteiger charge is 2.23. The number of benzene rings is 1. The monoisotopic (exact) mass is 265 g/mol. The highest BCUT2D eigenvalue weighted by atomic mass is 35.5. The summed E-state index contributed by atoms with van der Waals surface area (Å²) in [6.45, 7) is 3.74. The molecule has 1 aliphatic heterocycles. The standard InChI is InChI=1S/C15H20ClNO/c1-2-12-7-5-6-10-17(12)11-15(18)13-8-3-4-9-14(13)16/h3-4,8-9,12H,2,5-7,10-11H2,1H3. The molecule has 2 rings (SSSR count). The number of piperidine rings is 1. The third-order valence-corrected chi connectivity index (χ3v) is 4.07. The van der Waals surface area contributed by atoms with E-state index in [0.717, 1.165) is 13.0 Å². The van der Waals surface area contributed by atoms with Crippen molar-refractivity contribution in [2.45, 2.75) is 38.6 Å². The number of carbonyl (C=O) groups is 1. The molecule has 1 unspecified atom stereocenters. The van der Waals surface area contributed by atoms with Crippen LogP contribution in [0.3, 0.4) is 0 Å². The van der Waals surface area contributed by atoms with E-state index in [9.17, 15) is 4.79 Å². The van der Waals surface area contributed by atoms with E-state index in [4.69, 9.17) is 11.6 Å². The van der Waals surface area contributed by atoms with Crippen molar-refractivity contribution in [1.82, 2.24) is 4.90 Å². The molecule has 1 aromatic carbocycles. The summed E-state index contributed by atoms with van der Waals surface area (Å²) in [5.41, 5.74) is 0.652. The molecule has 0 aromatic heterocycles. The molecule has 0 bridgehead atoms. The molecule has 0 N–H and O–H groups in total. The Bertz CT molecular complexity index is 419. The molecule has 18 heavy (non-hydrogen) atoms. The van der Waals surface area contributed by atoms with Gasteiger partial charge in [-0.05, 0) is 37.9 Å². The van der Waals surface area contributed by atoms with Gasteiger partial charge in [-0.15, -0.1) is 0 Å². The average Bonchev–Trinajstić information content (AvgIpc) is 2.39. The SMILES string of the molecule is CCC1CCCCN1CC(=O)c1ccccc1Cl. The van der Waals surface area contributed by atoms with Crippen LogP contribution in [-0.4, -0.2) is 29.8 Å². The normalized spacial score (nSPS) is 20.9. The van der Waals surface area contributed by atoms with E-state index in [-0.39, 0.29) is 5.78 Å². The van der Waals surface area contributed by atoms with Crippen molar-refractivity contribution in [3.8, 4) is 0 Å². The smallest absolute Gasteiger partial charge is 0.178 e. The predicted molar refractivity (Wildman–Crippen MR) is 75.3 cm³/mol. The Morgan fingerprint density at radius 1 is 1.39 bits per heavy atom. The van der Waals surface area contributed by atoms with Gasteiger partial charge in [0.2, 0.25) is 0 Å². The summed E-state index contributed by atoms with van der Waals surface area (Å²) in [6, 6.07) is 7.88. The van der Waals surface area contributed by atoms with Crippen LogP contribution in [0.1, 0.15) is 43.0 Å². The average molecular weight is 266 g/mol. The Morgan fingerprint density at radius 3 is 2.89 bits per heavy atom. The molecule has 98 valence electrons. The molecule has 1 aliphatic rings. The van der Waals surface area contributed by atoms with E-state index < -0.39 is 0 Å². The van der Waals surface area contributed by atoms with Crippen LogP contribution in [0.25, 0.3) is 0 Å². The number of ketones is 1. The van der Waals surface area contributed by atoms with Gasteiger partial charge in [-0.1, -0.05) is 37.1 Å². The molecule has 1 heterocycles. The molecular weight excluding hydrogens is 246 g/mol. The van der Waals surface area contributed by atoms with Crippen molar-refractivity contribution in [3.05, 3.63) is 34.9 Å². The number of rotatable bonds is 4. The highest BCUT2D eigenvalue weighted by Crippen LogP contribution is 2.21. The lowest BCUT2D eigenvalue weighted by atomic mass is 9.99. The van der Waals surface area contributed by atoms with E-state index in [1.165, 1.54) is 19.3 Å². The topological polar surface area (TPSA) is 20.3 Å². The van der Waals surface area contributed by atoms with Crippen molar-refractivity contribution in [3.63, 3.8) is 0 Å². The number of carbonyl (C=O) groups excluding carboxylic acids is 1. The number of halogens is 1. The van der Waals surface area contributed by atoms with Crippen molar-refractivity contribution in [2.24, 2.45) is 0 Å². The van der Waals surface area contributed by atoms with Gasteiger partial charge in [-0.2, -0.15) is 0 Å². The van der Waals surface area contributed by atoms with Crippen molar-refractivity contribution in [1.29, 1.82) is 0 Å². The molecule has 1 fully saturated rings.